The van der Waals surface area contributed by atoms with E-state index in [1.807, 2.05) is 32.3 Å². The highest BCUT2D eigenvalue weighted by Gasteiger charge is 2.05. The average molecular weight is 382 g/mol. The second kappa shape index (κ2) is 9.51. The van der Waals surface area contributed by atoms with Crippen molar-refractivity contribution in [2.24, 2.45) is 0 Å². The first-order valence-corrected chi connectivity index (χ1v) is 10.3. The molecule has 1 amide bonds. The van der Waals surface area contributed by atoms with Gasteiger partial charge in [0.15, 0.2) is 0 Å². The zero-order valence-corrected chi connectivity index (χ0v) is 16.9. The van der Waals surface area contributed by atoms with Crippen molar-refractivity contribution in [3.05, 3.63) is 59.1 Å². The number of hydrogen-bond donors (Lipinski definition) is 1. The SMILES string of the molecule is CN(C)c1ccc(CCCNC(=O)CCCc2nc3ccccc3s2)cc1. The summed E-state index contributed by atoms with van der Waals surface area (Å²) in [5, 5.41) is 4.15. The first-order valence-electron chi connectivity index (χ1n) is 9.49. The van der Waals surface area contributed by atoms with Gasteiger partial charge in [0, 0.05) is 32.7 Å². The molecule has 142 valence electrons. The largest absolute Gasteiger partial charge is 0.378 e. The van der Waals surface area contributed by atoms with Crippen LogP contribution in [-0.4, -0.2) is 31.5 Å². The van der Waals surface area contributed by atoms with Crippen LogP contribution in [0.5, 0.6) is 0 Å². The number of thiazole rings is 1. The van der Waals surface area contributed by atoms with Gasteiger partial charge in [-0.1, -0.05) is 24.3 Å². The fraction of sp³-hybridized carbons (Fsp3) is 0.364. The maximum absolute atomic E-state index is 12.0. The standard InChI is InChI=1S/C22H27N3OS/c1-25(2)18-14-12-17(13-15-18)7-6-16-23-21(26)10-5-11-22-24-19-8-3-4-9-20(19)27-22/h3-4,8-9,12-15H,5-7,10-11,16H2,1-2H3,(H,23,26). The van der Waals surface area contributed by atoms with Crippen molar-refractivity contribution in [3.63, 3.8) is 0 Å². The fourth-order valence-corrected chi connectivity index (χ4v) is 4.01. The van der Waals surface area contributed by atoms with Gasteiger partial charge in [-0.3, -0.25) is 4.79 Å². The van der Waals surface area contributed by atoms with Crippen molar-refractivity contribution in [2.45, 2.75) is 32.1 Å². The van der Waals surface area contributed by atoms with E-state index in [1.54, 1.807) is 11.3 Å². The summed E-state index contributed by atoms with van der Waals surface area (Å²) >= 11 is 1.72. The van der Waals surface area contributed by atoms with E-state index in [1.165, 1.54) is 16.0 Å². The van der Waals surface area contributed by atoms with E-state index in [2.05, 4.69) is 45.5 Å². The smallest absolute Gasteiger partial charge is 0.220 e. The molecule has 1 aromatic heterocycles. The van der Waals surface area contributed by atoms with Gasteiger partial charge in [0.25, 0.3) is 0 Å². The molecule has 4 nitrogen and oxygen atoms in total. The number of nitrogens with zero attached hydrogens (tertiary/aromatic N) is 2. The number of hydrogen-bond acceptors (Lipinski definition) is 4. The van der Waals surface area contributed by atoms with E-state index in [-0.39, 0.29) is 5.91 Å². The number of rotatable bonds is 9. The predicted octanol–water partition coefficient (Wildman–Crippen LogP) is 4.43. The Balaban J connectivity index is 1.31. The minimum Gasteiger partial charge on any atom is -0.378 e. The van der Waals surface area contributed by atoms with Gasteiger partial charge in [-0.25, -0.2) is 4.98 Å². The second-order valence-electron chi connectivity index (χ2n) is 6.94. The number of carbonyl (C=O) groups is 1. The van der Waals surface area contributed by atoms with Crippen LogP contribution in [0.15, 0.2) is 48.5 Å². The number of aryl methyl sites for hydroxylation is 2. The summed E-state index contributed by atoms with van der Waals surface area (Å²) < 4.78 is 1.22. The van der Waals surface area contributed by atoms with Crippen molar-refractivity contribution >= 4 is 33.1 Å². The number of para-hydroxylation sites is 1. The fourth-order valence-electron chi connectivity index (χ4n) is 3.00. The third-order valence-electron chi connectivity index (χ3n) is 4.55. The van der Waals surface area contributed by atoms with Crippen molar-refractivity contribution in [3.8, 4) is 0 Å². The van der Waals surface area contributed by atoms with E-state index in [0.29, 0.717) is 6.42 Å². The molecule has 0 radical (unpaired) electrons. The molecule has 0 saturated heterocycles. The lowest BCUT2D eigenvalue weighted by atomic mass is 10.1. The van der Waals surface area contributed by atoms with E-state index >= 15 is 0 Å². The Hall–Kier alpha value is -2.40. The van der Waals surface area contributed by atoms with Crippen LogP contribution < -0.4 is 10.2 Å². The Bertz CT molecular complexity index is 838. The van der Waals surface area contributed by atoms with Crippen molar-refractivity contribution < 1.29 is 4.79 Å². The lowest BCUT2D eigenvalue weighted by molar-refractivity contribution is -0.121. The summed E-state index contributed by atoms with van der Waals surface area (Å²) in [6.07, 6.45) is 4.22. The summed E-state index contributed by atoms with van der Waals surface area (Å²) in [5.41, 5.74) is 3.58. The summed E-state index contributed by atoms with van der Waals surface area (Å²) in [7, 11) is 4.09. The van der Waals surface area contributed by atoms with E-state index < -0.39 is 0 Å². The van der Waals surface area contributed by atoms with Crippen LogP contribution in [-0.2, 0) is 17.6 Å². The van der Waals surface area contributed by atoms with Gasteiger partial charge < -0.3 is 10.2 Å². The molecular weight excluding hydrogens is 354 g/mol. The van der Waals surface area contributed by atoms with Crippen LogP contribution in [0.25, 0.3) is 10.2 Å². The molecule has 0 aliphatic carbocycles. The van der Waals surface area contributed by atoms with Gasteiger partial charge in [0.05, 0.1) is 15.2 Å². The number of amides is 1. The first kappa shape index (κ1) is 19.4. The molecule has 0 spiro atoms. The molecule has 0 atom stereocenters. The number of benzene rings is 2. The highest BCUT2D eigenvalue weighted by Crippen LogP contribution is 2.22. The average Bonchev–Trinajstić information content (AvgIpc) is 3.08. The quantitative estimate of drug-likeness (QED) is 0.558. The lowest BCUT2D eigenvalue weighted by Gasteiger charge is -2.12. The number of nitrogens with one attached hydrogen (secondary N) is 1. The van der Waals surface area contributed by atoms with Crippen LogP contribution in [0.4, 0.5) is 5.69 Å². The Morgan fingerprint density at radius 1 is 1.04 bits per heavy atom. The van der Waals surface area contributed by atoms with Crippen molar-refractivity contribution in [1.82, 2.24) is 10.3 Å². The Kier molecular flexibility index (Phi) is 6.82. The normalized spacial score (nSPS) is 10.9. The summed E-state index contributed by atoms with van der Waals surface area (Å²) in [6, 6.07) is 16.8. The summed E-state index contributed by atoms with van der Waals surface area (Å²) in [5.74, 6) is 0.138. The highest BCUT2D eigenvalue weighted by atomic mass is 32.1. The molecule has 2 aromatic carbocycles. The minimum atomic E-state index is 0.138. The molecule has 1 N–H and O–H groups in total. The molecule has 0 bridgehead atoms. The molecule has 0 saturated carbocycles. The van der Waals surface area contributed by atoms with Gasteiger partial charge in [-0.2, -0.15) is 0 Å². The molecule has 0 fully saturated rings. The van der Waals surface area contributed by atoms with Gasteiger partial charge in [0.1, 0.15) is 0 Å². The molecular formula is C22H27N3OS. The molecule has 0 aliphatic heterocycles. The third-order valence-corrected chi connectivity index (χ3v) is 5.65. The topological polar surface area (TPSA) is 45.2 Å². The molecule has 27 heavy (non-hydrogen) atoms. The summed E-state index contributed by atoms with van der Waals surface area (Å²) in [6.45, 7) is 0.732. The van der Waals surface area contributed by atoms with E-state index in [0.717, 1.165) is 42.8 Å². The predicted molar refractivity (Wildman–Crippen MR) is 115 cm³/mol. The van der Waals surface area contributed by atoms with Crippen molar-refractivity contribution in [2.75, 3.05) is 25.5 Å². The van der Waals surface area contributed by atoms with Crippen LogP contribution >= 0.6 is 11.3 Å². The molecule has 3 rings (SSSR count). The zero-order valence-electron chi connectivity index (χ0n) is 16.1. The Labute approximate surface area is 165 Å². The molecule has 0 unspecified atom stereocenters. The monoisotopic (exact) mass is 381 g/mol. The van der Waals surface area contributed by atoms with Gasteiger partial charge in [-0.15, -0.1) is 11.3 Å². The Morgan fingerprint density at radius 3 is 2.56 bits per heavy atom. The van der Waals surface area contributed by atoms with E-state index in [4.69, 9.17) is 0 Å². The number of anilines is 1. The Morgan fingerprint density at radius 2 is 1.81 bits per heavy atom. The maximum Gasteiger partial charge on any atom is 0.220 e. The number of aromatic nitrogens is 1. The maximum atomic E-state index is 12.0. The van der Waals surface area contributed by atoms with Crippen LogP contribution in [0.3, 0.4) is 0 Å². The lowest BCUT2D eigenvalue weighted by Crippen LogP contribution is -2.24. The zero-order chi connectivity index (χ0) is 19.1. The molecule has 1 heterocycles. The third kappa shape index (κ3) is 5.79. The number of fused-ring (bicyclic) bond motifs is 1. The molecule has 5 heteroatoms. The minimum absolute atomic E-state index is 0.138. The highest BCUT2D eigenvalue weighted by molar-refractivity contribution is 7.18. The van der Waals surface area contributed by atoms with Gasteiger partial charge in [0.2, 0.25) is 5.91 Å². The summed E-state index contributed by atoms with van der Waals surface area (Å²) in [4.78, 5) is 18.7. The van der Waals surface area contributed by atoms with Crippen molar-refractivity contribution in [1.29, 1.82) is 0 Å². The van der Waals surface area contributed by atoms with E-state index in [9.17, 15) is 4.79 Å². The first-order chi connectivity index (χ1) is 13.1. The van der Waals surface area contributed by atoms with Crippen LogP contribution in [0.2, 0.25) is 0 Å². The van der Waals surface area contributed by atoms with Gasteiger partial charge >= 0.3 is 0 Å². The number of carbonyl (C=O) groups excluding carboxylic acids is 1. The van der Waals surface area contributed by atoms with Crippen LogP contribution in [0, 0.1) is 0 Å². The van der Waals surface area contributed by atoms with Gasteiger partial charge in [-0.05, 0) is 55.5 Å². The molecule has 3 aromatic rings. The second-order valence-corrected chi connectivity index (χ2v) is 8.06. The van der Waals surface area contributed by atoms with Crippen LogP contribution in [0.1, 0.15) is 29.8 Å². The molecule has 0 aliphatic rings.